The second-order valence-corrected chi connectivity index (χ2v) is 6.39. The molecule has 19 heavy (non-hydrogen) atoms. The average molecular weight is 278 g/mol. The van der Waals surface area contributed by atoms with Gasteiger partial charge < -0.3 is 10.2 Å². The fourth-order valence-corrected chi connectivity index (χ4v) is 3.21. The summed E-state index contributed by atoms with van der Waals surface area (Å²) in [5.74, 6) is 1.17. The largest absolute Gasteiger partial charge is 0.363 e. The first-order chi connectivity index (χ1) is 8.99. The Morgan fingerprint density at radius 3 is 2.58 bits per heavy atom. The summed E-state index contributed by atoms with van der Waals surface area (Å²) in [7, 11) is 6.11. The van der Waals surface area contributed by atoms with Gasteiger partial charge >= 0.3 is 0 Å². The first kappa shape index (κ1) is 14.1. The molecule has 2 heterocycles. The number of hydrogen-bond acceptors (Lipinski definition) is 4. The van der Waals surface area contributed by atoms with Gasteiger partial charge in [-0.25, -0.2) is 0 Å². The number of aromatic nitrogens is 2. The third kappa shape index (κ3) is 3.16. The molecule has 4 nitrogen and oxygen atoms in total. The maximum absolute atomic E-state index is 4.50. The number of nitrogens with one attached hydrogen (secondary N) is 1. The lowest BCUT2D eigenvalue weighted by molar-refractivity contribution is 0.695. The summed E-state index contributed by atoms with van der Waals surface area (Å²) in [6.07, 6.45) is 0. The summed E-state index contributed by atoms with van der Waals surface area (Å²) in [6.45, 7) is 5.98. The molecule has 0 aliphatic carbocycles. The standard InChI is InChI=1S/C14H22N4S/c1-10-6-7-12(19-10)8-15-9-13-11(2)16-18(5)14(13)17(3)4/h6-7,15H,8-9H2,1-5H3. The molecule has 0 saturated carbocycles. The van der Waals surface area contributed by atoms with E-state index in [1.165, 1.54) is 21.1 Å². The lowest BCUT2D eigenvalue weighted by Gasteiger charge is -2.15. The first-order valence-electron chi connectivity index (χ1n) is 6.45. The second-order valence-electron chi connectivity index (χ2n) is 5.02. The molecule has 0 spiro atoms. The third-order valence-electron chi connectivity index (χ3n) is 3.13. The van der Waals surface area contributed by atoms with Gasteiger partial charge in [-0.3, -0.25) is 4.68 Å². The molecule has 0 aromatic carbocycles. The molecular formula is C14H22N4S. The van der Waals surface area contributed by atoms with E-state index in [1.54, 1.807) is 0 Å². The van der Waals surface area contributed by atoms with Crippen LogP contribution in [0.3, 0.4) is 0 Å². The minimum Gasteiger partial charge on any atom is -0.363 e. The number of hydrogen-bond donors (Lipinski definition) is 1. The van der Waals surface area contributed by atoms with Gasteiger partial charge in [-0.1, -0.05) is 0 Å². The summed E-state index contributed by atoms with van der Waals surface area (Å²) >= 11 is 1.85. The molecule has 0 unspecified atom stereocenters. The molecule has 0 aliphatic rings. The quantitative estimate of drug-likeness (QED) is 0.912. The van der Waals surface area contributed by atoms with E-state index in [-0.39, 0.29) is 0 Å². The molecule has 0 aliphatic heterocycles. The van der Waals surface area contributed by atoms with Crippen LogP contribution in [0.25, 0.3) is 0 Å². The maximum atomic E-state index is 4.50. The van der Waals surface area contributed by atoms with E-state index in [0.717, 1.165) is 18.8 Å². The van der Waals surface area contributed by atoms with Crippen molar-refractivity contribution in [1.82, 2.24) is 15.1 Å². The zero-order chi connectivity index (χ0) is 14.0. The molecule has 0 radical (unpaired) electrons. The lowest BCUT2D eigenvalue weighted by Crippen LogP contribution is -2.18. The van der Waals surface area contributed by atoms with Gasteiger partial charge in [0.2, 0.25) is 0 Å². The molecule has 0 fully saturated rings. The van der Waals surface area contributed by atoms with Gasteiger partial charge in [0, 0.05) is 49.6 Å². The molecule has 5 heteroatoms. The predicted molar refractivity (Wildman–Crippen MR) is 81.9 cm³/mol. The van der Waals surface area contributed by atoms with Gasteiger partial charge in [0.25, 0.3) is 0 Å². The zero-order valence-corrected chi connectivity index (χ0v) is 13.1. The Hall–Kier alpha value is -1.33. The molecule has 2 rings (SSSR count). The van der Waals surface area contributed by atoms with Crippen molar-refractivity contribution in [2.75, 3.05) is 19.0 Å². The molecule has 2 aromatic rings. The summed E-state index contributed by atoms with van der Waals surface area (Å²) in [5, 5.41) is 8.01. The van der Waals surface area contributed by atoms with Crippen molar-refractivity contribution < 1.29 is 0 Å². The van der Waals surface area contributed by atoms with E-state index in [4.69, 9.17) is 0 Å². The average Bonchev–Trinajstić information content (AvgIpc) is 2.84. The maximum Gasteiger partial charge on any atom is 0.130 e. The Kier molecular flexibility index (Phi) is 4.27. The summed E-state index contributed by atoms with van der Waals surface area (Å²) < 4.78 is 1.95. The smallest absolute Gasteiger partial charge is 0.130 e. The van der Waals surface area contributed by atoms with E-state index >= 15 is 0 Å². The molecule has 2 aromatic heterocycles. The highest BCUT2D eigenvalue weighted by Crippen LogP contribution is 2.21. The van der Waals surface area contributed by atoms with E-state index < -0.39 is 0 Å². The SMILES string of the molecule is Cc1ccc(CNCc2c(C)nn(C)c2N(C)C)s1. The Morgan fingerprint density at radius 1 is 1.26 bits per heavy atom. The van der Waals surface area contributed by atoms with Crippen LogP contribution in [0.5, 0.6) is 0 Å². The van der Waals surface area contributed by atoms with Crippen molar-refractivity contribution >= 4 is 17.2 Å². The van der Waals surface area contributed by atoms with Crippen molar-refractivity contribution in [2.24, 2.45) is 7.05 Å². The highest BCUT2D eigenvalue weighted by molar-refractivity contribution is 7.11. The van der Waals surface area contributed by atoms with Crippen molar-refractivity contribution in [3.05, 3.63) is 33.1 Å². The third-order valence-corrected chi connectivity index (χ3v) is 4.13. The summed E-state index contributed by atoms with van der Waals surface area (Å²) in [6, 6.07) is 4.36. The van der Waals surface area contributed by atoms with Crippen LogP contribution in [0.2, 0.25) is 0 Å². The van der Waals surface area contributed by atoms with Crippen LogP contribution < -0.4 is 10.2 Å². The molecule has 0 bridgehead atoms. The summed E-state index contributed by atoms with van der Waals surface area (Å²) in [4.78, 5) is 4.86. The first-order valence-corrected chi connectivity index (χ1v) is 7.26. The normalized spacial score (nSPS) is 11.0. The fraction of sp³-hybridized carbons (Fsp3) is 0.500. The van der Waals surface area contributed by atoms with E-state index in [0.29, 0.717) is 0 Å². The van der Waals surface area contributed by atoms with Crippen molar-refractivity contribution in [2.45, 2.75) is 26.9 Å². The van der Waals surface area contributed by atoms with Crippen LogP contribution in [-0.2, 0) is 20.1 Å². The molecule has 0 amide bonds. The molecule has 0 saturated heterocycles. The van der Waals surface area contributed by atoms with Gasteiger partial charge in [0.15, 0.2) is 0 Å². The van der Waals surface area contributed by atoms with Crippen LogP contribution in [0, 0.1) is 13.8 Å². The van der Waals surface area contributed by atoms with Gasteiger partial charge in [-0.15, -0.1) is 11.3 Å². The van der Waals surface area contributed by atoms with Gasteiger partial charge in [-0.2, -0.15) is 5.10 Å². The van der Waals surface area contributed by atoms with Gasteiger partial charge in [-0.05, 0) is 26.0 Å². The topological polar surface area (TPSA) is 33.1 Å². The fourth-order valence-electron chi connectivity index (χ4n) is 2.35. The number of aryl methyl sites for hydroxylation is 3. The highest BCUT2D eigenvalue weighted by Gasteiger charge is 2.14. The van der Waals surface area contributed by atoms with Crippen LogP contribution in [-0.4, -0.2) is 23.9 Å². The molecule has 0 atom stereocenters. The molecule has 1 N–H and O–H groups in total. The Labute approximate surface area is 119 Å². The minimum absolute atomic E-state index is 0.851. The number of anilines is 1. The number of rotatable bonds is 5. The second kappa shape index (κ2) is 5.75. The summed E-state index contributed by atoms with van der Waals surface area (Å²) in [5.41, 5.74) is 2.38. The lowest BCUT2D eigenvalue weighted by atomic mass is 10.2. The predicted octanol–water partition coefficient (Wildman–Crippen LogP) is 2.45. The number of thiophene rings is 1. The van der Waals surface area contributed by atoms with Crippen LogP contribution >= 0.6 is 11.3 Å². The Balaban J connectivity index is 2.03. The number of nitrogens with zero attached hydrogens (tertiary/aromatic N) is 3. The van der Waals surface area contributed by atoms with E-state index in [2.05, 4.69) is 55.4 Å². The van der Waals surface area contributed by atoms with E-state index in [1.807, 2.05) is 23.1 Å². The van der Waals surface area contributed by atoms with Gasteiger partial charge in [0.05, 0.1) is 5.69 Å². The van der Waals surface area contributed by atoms with Crippen LogP contribution in [0.15, 0.2) is 12.1 Å². The van der Waals surface area contributed by atoms with Crippen LogP contribution in [0.4, 0.5) is 5.82 Å². The highest BCUT2D eigenvalue weighted by atomic mass is 32.1. The van der Waals surface area contributed by atoms with Crippen molar-refractivity contribution in [3.8, 4) is 0 Å². The Morgan fingerprint density at radius 2 is 2.00 bits per heavy atom. The van der Waals surface area contributed by atoms with Crippen LogP contribution in [0.1, 0.15) is 21.0 Å². The van der Waals surface area contributed by atoms with Crippen molar-refractivity contribution in [3.63, 3.8) is 0 Å². The minimum atomic E-state index is 0.851. The Bertz CT molecular complexity index is 554. The monoisotopic (exact) mass is 278 g/mol. The molecular weight excluding hydrogens is 256 g/mol. The zero-order valence-electron chi connectivity index (χ0n) is 12.3. The molecule has 104 valence electrons. The van der Waals surface area contributed by atoms with E-state index in [9.17, 15) is 0 Å². The van der Waals surface area contributed by atoms with Crippen molar-refractivity contribution in [1.29, 1.82) is 0 Å². The van der Waals surface area contributed by atoms with Gasteiger partial charge in [0.1, 0.15) is 5.82 Å².